The highest BCUT2D eigenvalue weighted by Crippen LogP contribution is 2.15. The first kappa shape index (κ1) is 12.9. The summed E-state index contributed by atoms with van der Waals surface area (Å²) in [7, 11) is 0. The Bertz CT molecular complexity index is 324. The topological polar surface area (TPSA) is 38.3 Å². The van der Waals surface area contributed by atoms with Crippen molar-refractivity contribution in [3.05, 3.63) is 24.3 Å². The van der Waals surface area contributed by atoms with E-state index in [9.17, 15) is 4.79 Å². The Balaban J connectivity index is 2.45. The van der Waals surface area contributed by atoms with Crippen molar-refractivity contribution in [3.8, 4) is 5.75 Å². The molecule has 0 aliphatic carbocycles. The summed E-state index contributed by atoms with van der Waals surface area (Å²) >= 11 is 1.67. The highest BCUT2D eigenvalue weighted by molar-refractivity contribution is 7.98. The summed E-state index contributed by atoms with van der Waals surface area (Å²) in [4.78, 5) is 11.4. The van der Waals surface area contributed by atoms with E-state index in [0.717, 1.165) is 17.2 Å². The maximum absolute atomic E-state index is 11.4. The van der Waals surface area contributed by atoms with Gasteiger partial charge in [0.25, 0.3) is 0 Å². The summed E-state index contributed by atoms with van der Waals surface area (Å²) in [6.45, 7) is 2.59. The molecule has 1 aromatic rings. The first-order chi connectivity index (χ1) is 7.76. The van der Waals surface area contributed by atoms with Crippen molar-refractivity contribution in [2.24, 2.45) is 0 Å². The normalized spacial score (nSPS) is 9.88. The van der Waals surface area contributed by atoms with Crippen molar-refractivity contribution in [1.29, 1.82) is 0 Å². The number of benzene rings is 1. The fraction of sp³-hybridized carbons (Fsp3) is 0.417. The molecule has 3 nitrogen and oxygen atoms in total. The molecule has 4 heteroatoms. The first-order valence-corrected chi connectivity index (χ1v) is 6.67. The van der Waals surface area contributed by atoms with Crippen LogP contribution in [0.3, 0.4) is 0 Å². The minimum absolute atomic E-state index is 0.0542. The fourth-order valence-corrected chi connectivity index (χ4v) is 1.61. The minimum Gasteiger partial charge on any atom is -0.494 e. The van der Waals surface area contributed by atoms with Gasteiger partial charge in [0.15, 0.2) is 0 Å². The van der Waals surface area contributed by atoms with Crippen molar-refractivity contribution in [2.45, 2.75) is 13.3 Å². The number of ether oxygens (including phenoxy) is 1. The summed E-state index contributed by atoms with van der Waals surface area (Å²) < 4.78 is 5.31. The summed E-state index contributed by atoms with van der Waals surface area (Å²) in [5.74, 6) is 1.73. The van der Waals surface area contributed by atoms with E-state index in [4.69, 9.17) is 4.74 Å². The number of carbonyl (C=O) groups excluding carboxylic acids is 1. The lowest BCUT2D eigenvalue weighted by Gasteiger charge is -2.06. The van der Waals surface area contributed by atoms with Crippen LogP contribution in [0.15, 0.2) is 24.3 Å². The third-order valence-corrected chi connectivity index (χ3v) is 2.59. The molecule has 0 radical (unpaired) electrons. The Kier molecular flexibility index (Phi) is 5.78. The molecule has 88 valence electrons. The summed E-state index contributed by atoms with van der Waals surface area (Å²) in [6.07, 6.45) is 2.54. The van der Waals surface area contributed by atoms with E-state index < -0.39 is 0 Å². The number of rotatable bonds is 6. The largest absolute Gasteiger partial charge is 0.494 e. The number of nitrogens with one attached hydrogen (secondary N) is 1. The van der Waals surface area contributed by atoms with E-state index in [1.807, 2.05) is 37.4 Å². The van der Waals surface area contributed by atoms with E-state index in [2.05, 4.69) is 5.32 Å². The van der Waals surface area contributed by atoms with Gasteiger partial charge in [-0.3, -0.25) is 4.79 Å². The van der Waals surface area contributed by atoms with E-state index in [-0.39, 0.29) is 5.91 Å². The molecule has 0 saturated carbocycles. The van der Waals surface area contributed by atoms with Crippen LogP contribution in [0.2, 0.25) is 0 Å². The van der Waals surface area contributed by atoms with Gasteiger partial charge < -0.3 is 10.1 Å². The van der Waals surface area contributed by atoms with Gasteiger partial charge in [0.1, 0.15) is 5.75 Å². The monoisotopic (exact) mass is 239 g/mol. The summed E-state index contributed by atoms with van der Waals surface area (Å²) in [6, 6.07) is 7.41. The minimum atomic E-state index is 0.0542. The van der Waals surface area contributed by atoms with Gasteiger partial charge >= 0.3 is 0 Å². The predicted octanol–water partition coefficient (Wildman–Crippen LogP) is 2.78. The average molecular weight is 239 g/mol. The van der Waals surface area contributed by atoms with Gasteiger partial charge in [0.2, 0.25) is 5.91 Å². The Morgan fingerprint density at radius 1 is 1.38 bits per heavy atom. The molecule has 1 aromatic carbocycles. The second-order valence-corrected chi connectivity index (χ2v) is 4.23. The smallest absolute Gasteiger partial charge is 0.225 e. The van der Waals surface area contributed by atoms with Gasteiger partial charge in [-0.15, -0.1) is 0 Å². The molecule has 0 saturated heterocycles. The molecule has 0 aliphatic rings. The van der Waals surface area contributed by atoms with Crippen molar-refractivity contribution in [3.63, 3.8) is 0 Å². The number of thioether (sulfide) groups is 1. The van der Waals surface area contributed by atoms with Gasteiger partial charge in [-0.05, 0) is 37.4 Å². The Morgan fingerprint density at radius 2 is 2.06 bits per heavy atom. The molecule has 0 aliphatic heterocycles. The van der Waals surface area contributed by atoms with Gasteiger partial charge in [-0.25, -0.2) is 0 Å². The number of hydrogen-bond acceptors (Lipinski definition) is 3. The van der Waals surface area contributed by atoms with Crippen molar-refractivity contribution in [1.82, 2.24) is 0 Å². The molecule has 0 atom stereocenters. The Morgan fingerprint density at radius 3 is 2.62 bits per heavy atom. The van der Waals surface area contributed by atoms with Crippen LogP contribution in [-0.2, 0) is 4.79 Å². The lowest BCUT2D eigenvalue weighted by atomic mass is 10.3. The highest BCUT2D eigenvalue weighted by atomic mass is 32.2. The Hall–Kier alpha value is -1.16. The lowest BCUT2D eigenvalue weighted by Crippen LogP contribution is -2.11. The molecule has 16 heavy (non-hydrogen) atoms. The highest BCUT2D eigenvalue weighted by Gasteiger charge is 2.01. The summed E-state index contributed by atoms with van der Waals surface area (Å²) in [5.41, 5.74) is 0.814. The van der Waals surface area contributed by atoms with Gasteiger partial charge in [-0.1, -0.05) is 0 Å². The van der Waals surface area contributed by atoms with Crippen LogP contribution in [0.4, 0.5) is 5.69 Å². The van der Waals surface area contributed by atoms with Crippen molar-refractivity contribution >= 4 is 23.4 Å². The van der Waals surface area contributed by atoms with E-state index in [1.54, 1.807) is 11.8 Å². The zero-order valence-electron chi connectivity index (χ0n) is 9.66. The molecule has 1 amide bonds. The van der Waals surface area contributed by atoms with Crippen molar-refractivity contribution < 1.29 is 9.53 Å². The molecule has 0 fully saturated rings. The third kappa shape index (κ3) is 4.57. The lowest BCUT2D eigenvalue weighted by molar-refractivity contribution is -0.115. The molecule has 0 bridgehead atoms. The quantitative estimate of drug-likeness (QED) is 0.829. The SMILES string of the molecule is CCOc1ccc(NC(=O)CCSC)cc1. The zero-order valence-corrected chi connectivity index (χ0v) is 10.5. The van der Waals surface area contributed by atoms with Crippen LogP contribution in [0.1, 0.15) is 13.3 Å². The van der Waals surface area contributed by atoms with Gasteiger partial charge in [0, 0.05) is 17.9 Å². The first-order valence-electron chi connectivity index (χ1n) is 5.28. The van der Waals surface area contributed by atoms with Crippen LogP contribution >= 0.6 is 11.8 Å². The maximum Gasteiger partial charge on any atom is 0.225 e. The number of anilines is 1. The zero-order chi connectivity index (χ0) is 11.8. The van der Waals surface area contributed by atoms with E-state index >= 15 is 0 Å². The van der Waals surface area contributed by atoms with Crippen LogP contribution in [0.5, 0.6) is 5.75 Å². The molecule has 0 aromatic heterocycles. The van der Waals surface area contributed by atoms with E-state index in [1.165, 1.54) is 0 Å². The molecule has 0 unspecified atom stereocenters. The van der Waals surface area contributed by atoms with Crippen LogP contribution in [-0.4, -0.2) is 24.5 Å². The number of amides is 1. The molecular weight excluding hydrogens is 222 g/mol. The Labute approximate surface area is 101 Å². The number of hydrogen-bond donors (Lipinski definition) is 1. The molecular formula is C12H17NO2S. The molecule has 0 heterocycles. The molecule has 1 N–H and O–H groups in total. The molecule has 0 spiro atoms. The second kappa shape index (κ2) is 7.17. The second-order valence-electron chi connectivity index (χ2n) is 3.25. The van der Waals surface area contributed by atoms with Gasteiger partial charge in [0.05, 0.1) is 6.61 Å². The predicted molar refractivity (Wildman–Crippen MR) is 69.2 cm³/mol. The summed E-state index contributed by atoms with van der Waals surface area (Å²) in [5, 5.41) is 2.84. The van der Waals surface area contributed by atoms with E-state index in [0.29, 0.717) is 13.0 Å². The maximum atomic E-state index is 11.4. The average Bonchev–Trinajstić information content (AvgIpc) is 2.29. The number of carbonyl (C=O) groups is 1. The van der Waals surface area contributed by atoms with Crippen molar-refractivity contribution in [2.75, 3.05) is 23.9 Å². The molecule has 1 rings (SSSR count). The van der Waals surface area contributed by atoms with Crippen LogP contribution in [0, 0.1) is 0 Å². The standard InChI is InChI=1S/C12H17NO2S/c1-3-15-11-6-4-10(5-7-11)13-12(14)8-9-16-2/h4-7H,3,8-9H2,1-2H3,(H,13,14). The van der Waals surface area contributed by atoms with Crippen LogP contribution in [0.25, 0.3) is 0 Å². The van der Waals surface area contributed by atoms with Gasteiger partial charge in [-0.2, -0.15) is 11.8 Å². The van der Waals surface area contributed by atoms with Crippen LogP contribution < -0.4 is 10.1 Å². The third-order valence-electron chi connectivity index (χ3n) is 1.98. The fourth-order valence-electron chi connectivity index (χ4n) is 1.22.